The topological polar surface area (TPSA) is 71.1 Å². The third-order valence-electron chi connectivity index (χ3n) is 3.80. The minimum atomic E-state index is -0.235. The Morgan fingerprint density at radius 3 is 2.33 bits per heavy atom. The summed E-state index contributed by atoms with van der Waals surface area (Å²) in [6, 6.07) is 18.2. The molecule has 0 fully saturated rings. The van der Waals surface area contributed by atoms with Crippen molar-refractivity contribution in [1.29, 1.82) is 0 Å². The Bertz CT molecular complexity index is 964. The van der Waals surface area contributed by atoms with Crippen LogP contribution in [0, 0.1) is 6.92 Å². The van der Waals surface area contributed by atoms with E-state index in [-0.39, 0.29) is 11.8 Å². The van der Waals surface area contributed by atoms with Crippen molar-refractivity contribution >= 4 is 29.3 Å². The standard InChI is InChI=1S/C22H19N3O2/c1-16-4-2-5-17(14-16)7-12-21(26)24-19-8-10-20(11-9-19)25-22(27)18-6-3-13-23-15-18/h2-15H,1H3,(H,24,26)(H,25,27)/b12-7+. The number of aryl methyl sites for hydroxylation is 1. The van der Waals surface area contributed by atoms with Gasteiger partial charge in [-0.1, -0.05) is 29.8 Å². The molecule has 0 atom stereocenters. The molecule has 27 heavy (non-hydrogen) atoms. The summed E-state index contributed by atoms with van der Waals surface area (Å²) >= 11 is 0. The SMILES string of the molecule is Cc1cccc(/C=C/C(=O)Nc2ccc(NC(=O)c3cccnc3)cc2)c1. The number of aromatic nitrogens is 1. The molecule has 0 saturated carbocycles. The summed E-state index contributed by atoms with van der Waals surface area (Å²) in [4.78, 5) is 28.1. The minimum Gasteiger partial charge on any atom is -0.323 e. The molecule has 3 aromatic rings. The highest BCUT2D eigenvalue weighted by atomic mass is 16.2. The monoisotopic (exact) mass is 357 g/mol. The van der Waals surface area contributed by atoms with E-state index in [1.807, 2.05) is 31.2 Å². The number of nitrogens with zero attached hydrogens (tertiary/aromatic N) is 1. The van der Waals surface area contributed by atoms with Crippen LogP contribution in [0.3, 0.4) is 0 Å². The van der Waals surface area contributed by atoms with Gasteiger partial charge in [-0.2, -0.15) is 0 Å². The van der Waals surface area contributed by atoms with Gasteiger partial charge in [0.2, 0.25) is 5.91 Å². The van der Waals surface area contributed by atoms with E-state index in [0.717, 1.165) is 11.1 Å². The Hall–Kier alpha value is -3.73. The van der Waals surface area contributed by atoms with E-state index in [2.05, 4.69) is 15.6 Å². The van der Waals surface area contributed by atoms with Crippen LogP contribution in [-0.4, -0.2) is 16.8 Å². The second-order valence-corrected chi connectivity index (χ2v) is 6.01. The Morgan fingerprint density at radius 1 is 0.926 bits per heavy atom. The maximum Gasteiger partial charge on any atom is 0.257 e. The summed E-state index contributed by atoms with van der Waals surface area (Å²) < 4.78 is 0. The second-order valence-electron chi connectivity index (χ2n) is 6.01. The number of hydrogen-bond donors (Lipinski definition) is 2. The van der Waals surface area contributed by atoms with Crippen molar-refractivity contribution in [3.05, 3.63) is 95.8 Å². The Kier molecular flexibility index (Phi) is 5.74. The number of amides is 2. The first-order chi connectivity index (χ1) is 13.1. The number of rotatable bonds is 5. The van der Waals surface area contributed by atoms with Crippen molar-refractivity contribution in [2.75, 3.05) is 10.6 Å². The van der Waals surface area contributed by atoms with Gasteiger partial charge in [-0.3, -0.25) is 14.6 Å². The highest BCUT2D eigenvalue weighted by Gasteiger charge is 2.06. The smallest absolute Gasteiger partial charge is 0.257 e. The van der Waals surface area contributed by atoms with Crippen molar-refractivity contribution in [2.24, 2.45) is 0 Å². The first-order valence-electron chi connectivity index (χ1n) is 8.47. The Balaban J connectivity index is 1.57. The molecular formula is C22H19N3O2. The maximum atomic E-state index is 12.1. The average Bonchev–Trinajstić information content (AvgIpc) is 2.69. The number of anilines is 2. The molecule has 0 unspecified atom stereocenters. The van der Waals surface area contributed by atoms with Gasteiger partial charge in [0.15, 0.2) is 0 Å². The normalized spacial score (nSPS) is 10.6. The van der Waals surface area contributed by atoms with E-state index >= 15 is 0 Å². The fraction of sp³-hybridized carbons (Fsp3) is 0.0455. The molecule has 0 bridgehead atoms. The van der Waals surface area contributed by atoms with Crippen molar-refractivity contribution in [3.8, 4) is 0 Å². The Labute approximate surface area is 157 Å². The number of benzene rings is 2. The molecule has 0 aliphatic heterocycles. The van der Waals surface area contributed by atoms with Crippen LogP contribution < -0.4 is 10.6 Å². The molecule has 1 aromatic heterocycles. The van der Waals surface area contributed by atoms with Crippen molar-refractivity contribution < 1.29 is 9.59 Å². The van der Waals surface area contributed by atoms with Crippen molar-refractivity contribution in [3.63, 3.8) is 0 Å². The van der Waals surface area contributed by atoms with Gasteiger partial charge < -0.3 is 10.6 Å². The van der Waals surface area contributed by atoms with Crippen molar-refractivity contribution in [2.45, 2.75) is 6.92 Å². The summed E-state index contributed by atoms with van der Waals surface area (Å²) in [6.07, 6.45) is 6.38. The van der Waals surface area contributed by atoms with Crippen LogP contribution in [0.15, 0.2) is 79.1 Å². The minimum absolute atomic E-state index is 0.219. The lowest BCUT2D eigenvalue weighted by atomic mass is 10.1. The van der Waals surface area contributed by atoms with Gasteiger partial charge in [-0.05, 0) is 55.0 Å². The molecule has 2 N–H and O–H groups in total. The van der Waals surface area contributed by atoms with Crippen LogP contribution in [0.25, 0.3) is 6.08 Å². The van der Waals surface area contributed by atoms with E-state index in [1.165, 1.54) is 12.3 Å². The number of hydrogen-bond acceptors (Lipinski definition) is 3. The highest BCUT2D eigenvalue weighted by molar-refractivity contribution is 6.04. The zero-order valence-electron chi connectivity index (χ0n) is 14.8. The Morgan fingerprint density at radius 2 is 1.67 bits per heavy atom. The third-order valence-corrected chi connectivity index (χ3v) is 3.80. The fourth-order valence-electron chi connectivity index (χ4n) is 2.47. The lowest BCUT2D eigenvalue weighted by molar-refractivity contribution is -0.111. The molecule has 5 nitrogen and oxygen atoms in total. The van der Waals surface area contributed by atoms with E-state index in [0.29, 0.717) is 16.9 Å². The van der Waals surface area contributed by atoms with Gasteiger partial charge in [-0.25, -0.2) is 0 Å². The fourth-order valence-corrected chi connectivity index (χ4v) is 2.47. The maximum absolute atomic E-state index is 12.1. The predicted octanol–water partition coefficient (Wildman–Crippen LogP) is 4.29. The molecule has 0 aliphatic rings. The molecule has 2 aromatic carbocycles. The van der Waals surface area contributed by atoms with E-state index in [1.54, 1.807) is 48.7 Å². The number of nitrogens with one attached hydrogen (secondary N) is 2. The number of carbonyl (C=O) groups is 2. The second kappa shape index (κ2) is 8.58. The van der Waals surface area contributed by atoms with Crippen LogP contribution >= 0.6 is 0 Å². The van der Waals surface area contributed by atoms with Crippen LogP contribution in [-0.2, 0) is 4.79 Å². The molecule has 0 aliphatic carbocycles. The predicted molar refractivity (Wildman–Crippen MR) is 107 cm³/mol. The van der Waals surface area contributed by atoms with Gasteiger partial charge in [0.1, 0.15) is 0 Å². The molecule has 3 rings (SSSR count). The summed E-state index contributed by atoms with van der Waals surface area (Å²) in [5.74, 6) is -0.454. The number of carbonyl (C=O) groups excluding carboxylic acids is 2. The molecule has 0 spiro atoms. The van der Waals surface area contributed by atoms with Gasteiger partial charge in [0.05, 0.1) is 5.56 Å². The largest absolute Gasteiger partial charge is 0.323 e. The summed E-state index contributed by atoms with van der Waals surface area (Å²) in [5, 5.41) is 5.58. The van der Waals surface area contributed by atoms with Gasteiger partial charge in [0, 0.05) is 29.8 Å². The molecule has 0 saturated heterocycles. The summed E-state index contributed by atoms with van der Waals surface area (Å²) in [6.45, 7) is 2.01. The van der Waals surface area contributed by atoms with E-state index in [4.69, 9.17) is 0 Å². The van der Waals surface area contributed by atoms with E-state index in [9.17, 15) is 9.59 Å². The van der Waals surface area contributed by atoms with Gasteiger partial charge >= 0.3 is 0 Å². The average molecular weight is 357 g/mol. The summed E-state index contributed by atoms with van der Waals surface area (Å²) in [5.41, 5.74) is 3.88. The van der Waals surface area contributed by atoms with Gasteiger partial charge in [0.25, 0.3) is 5.91 Å². The highest BCUT2D eigenvalue weighted by Crippen LogP contribution is 2.15. The lowest BCUT2D eigenvalue weighted by Crippen LogP contribution is -2.12. The zero-order valence-corrected chi connectivity index (χ0v) is 14.8. The molecule has 5 heteroatoms. The zero-order chi connectivity index (χ0) is 19.1. The molecular weight excluding hydrogens is 338 g/mol. The van der Waals surface area contributed by atoms with Crippen LogP contribution in [0.1, 0.15) is 21.5 Å². The molecule has 134 valence electrons. The van der Waals surface area contributed by atoms with Crippen LogP contribution in [0.2, 0.25) is 0 Å². The summed E-state index contributed by atoms with van der Waals surface area (Å²) in [7, 11) is 0. The molecule has 1 heterocycles. The van der Waals surface area contributed by atoms with E-state index < -0.39 is 0 Å². The molecule has 0 radical (unpaired) electrons. The lowest BCUT2D eigenvalue weighted by Gasteiger charge is -2.07. The number of pyridine rings is 1. The van der Waals surface area contributed by atoms with Crippen LogP contribution in [0.4, 0.5) is 11.4 Å². The first kappa shape index (κ1) is 18.1. The third kappa shape index (κ3) is 5.37. The van der Waals surface area contributed by atoms with Gasteiger partial charge in [-0.15, -0.1) is 0 Å². The first-order valence-corrected chi connectivity index (χ1v) is 8.47. The van der Waals surface area contributed by atoms with Crippen molar-refractivity contribution in [1.82, 2.24) is 4.98 Å². The molecule has 2 amide bonds. The van der Waals surface area contributed by atoms with Crippen LogP contribution in [0.5, 0.6) is 0 Å². The quantitative estimate of drug-likeness (QED) is 0.669.